The van der Waals surface area contributed by atoms with Gasteiger partial charge in [-0.15, -0.1) is 0 Å². The summed E-state index contributed by atoms with van der Waals surface area (Å²) in [7, 11) is 0. The standard InChI is InChI=1S/C17H17N5O/c1-12(21-17(23)15-4-2-3-5-16(15)18)13-6-8-14(9-7-13)22-11-19-10-20-22/h2-12H,18H2,1H3,(H,21,23). The number of carbonyl (C=O) groups excluding carboxylic acids is 1. The number of amides is 1. The molecule has 0 spiro atoms. The minimum atomic E-state index is -0.184. The molecular weight excluding hydrogens is 290 g/mol. The lowest BCUT2D eigenvalue weighted by Gasteiger charge is -2.15. The molecule has 0 aliphatic carbocycles. The van der Waals surface area contributed by atoms with E-state index >= 15 is 0 Å². The van der Waals surface area contributed by atoms with Crippen LogP contribution in [-0.2, 0) is 0 Å². The van der Waals surface area contributed by atoms with Crippen LogP contribution in [0.15, 0.2) is 61.2 Å². The van der Waals surface area contributed by atoms with Gasteiger partial charge in [0.1, 0.15) is 12.7 Å². The number of hydrogen-bond donors (Lipinski definition) is 2. The maximum atomic E-state index is 12.3. The maximum Gasteiger partial charge on any atom is 0.253 e. The summed E-state index contributed by atoms with van der Waals surface area (Å²) in [5, 5.41) is 7.03. The summed E-state index contributed by atoms with van der Waals surface area (Å²) in [6.45, 7) is 1.93. The van der Waals surface area contributed by atoms with Crippen LogP contribution in [0.3, 0.4) is 0 Å². The highest BCUT2D eigenvalue weighted by Gasteiger charge is 2.13. The monoisotopic (exact) mass is 307 g/mol. The van der Waals surface area contributed by atoms with E-state index < -0.39 is 0 Å². The van der Waals surface area contributed by atoms with Crippen LogP contribution in [0.5, 0.6) is 0 Å². The van der Waals surface area contributed by atoms with Crippen LogP contribution in [0.4, 0.5) is 5.69 Å². The van der Waals surface area contributed by atoms with Gasteiger partial charge in [0.25, 0.3) is 5.91 Å². The molecule has 1 heterocycles. The van der Waals surface area contributed by atoms with Gasteiger partial charge in [0.15, 0.2) is 0 Å². The van der Waals surface area contributed by atoms with Gasteiger partial charge in [0.2, 0.25) is 0 Å². The maximum absolute atomic E-state index is 12.3. The molecule has 1 aromatic heterocycles. The molecule has 0 saturated carbocycles. The van der Waals surface area contributed by atoms with E-state index in [0.717, 1.165) is 11.3 Å². The summed E-state index contributed by atoms with van der Waals surface area (Å²) in [4.78, 5) is 16.2. The van der Waals surface area contributed by atoms with Crippen LogP contribution >= 0.6 is 0 Å². The van der Waals surface area contributed by atoms with Crippen molar-refractivity contribution in [3.05, 3.63) is 72.3 Å². The van der Waals surface area contributed by atoms with Crippen molar-refractivity contribution in [1.29, 1.82) is 0 Å². The molecule has 1 atom stereocenters. The zero-order valence-corrected chi connectivity index (χ0v) is 12.7. The minimum absolute atomic E-state index is 0.132. The Kier molecular flexibility index (Phi) is 4.05. The Morgan fingerprint density at radius 2 is 1.91 bits per heavy atom. The third-order valence-electron chi connectivity index (χ3n) is 3.63. The number of para-hydroxylation sites is 1. The fourth-order valence-electron chi connectivity index (χ4n) is 2.32. The molecule has 6 heteroatoms. The Labute approximate surface area is 134 Å². The lowest BCUT2D eigenvalue weighted by molar-refractivity contribution is 0.0941. The van der Waals surface area contributed by atoms with Crippen LogP contribution < -0.4 is 11.1 Å². The van der Waals surface area contributed by atoms with E-state index in [9.17, 15) is 4.79 Å². The molecule has 0 aliphatic heterocycles. The average Bonchev–Trinajstić information content (AvgIpc) is 3.09. The molecule has 23 heavy (non-hydrogen) atoms. The van der Waals surface area contributed by atoms with E-state index in [1.54, 1.807) is 35.3 Å². The molecule has 0 aliphatic rings. The summed E-state index contributed by atoms with van der Waals surface area (Å²) in [5.41, 5.74) is 8.70. The number of hydrogen-bond acceptors (Lipinski definition) is 4. The van der Waals surface area contributed by atoms with Gasteiger partial charge in [0, 0.05) is 5.69 Å². The van der Waals surface area contributed by atoms with E-state index in [-0.39, 0.29) is 11.9 Å². The molecule has 3 rings (SSSR count). The van der Waals surface area contributed by atoms with E-state index in [1.165, 1.54) is 6.33 Å². The van der Waals surface area contributed by atoms with Gasteiger partial charge in [-0.25, -0.2) is 9.67 Å². The molecule has 1 unspecified atom stereocenters. The molecule has 1 amide bonds. The van der Waals surface area contributed by atoms with E-state index in [1.807, 2.05) is 31.2 Å². The Balaban J connectivity index is 1.72. The topological polar surface area (TPSA) is 85.8 Å². The lowest BCUT2D eigenvalue weighted by atomic mass is 10.1. The Morgan fingerprint density at radius 1 is 1.17 bits per heavy atom. The summed E-state index contributed by atoms with van der Waals surface area (Å²) in [5.74, 6) is -0.184. The van der Waals surface area contributed by atoms with Crippen LogP contribution in [0.2, 0.25) is 0 Å². The third-order valence-corrected chi connectivity index (χ3v) is 3.63. The van der Waals surface area contributed by atoms with Crippen molar-refractivity contribution in [3.63, 3.8) is 0 Å². The second-order valence-corrected chi connectivity index (χ2v) is 5.21. The first-order valence-corrected chi connectivity index (χ1v) is 7.25. The SMILES string of the molecule is CC(NC(=O)c1ccccc1N)c1ccc(-n2cncn2)cc1. The largest absolute Gasteiger partial charge is 0.398 e. The summed E-state index contributed by atoms with van der Waals surface area (Å²) >= 11 is 0. The van der Waals surface area contributed by atoms with E-state index in [4.69, 9.17) is 5.73 Å². The van der Waals surface area contributed by atoms with Gasteiger partial charge < -0.3 is 11.1 Å². The van der Waals surface area contributed by atoms with Crippen LogP contribution in [-0.4, -0.2) is 20.7 Å². The van der Waals surface area contributed by atoms with Crippen molar-refractivity contribution >= 4 is 11.6 Å². The fourth-order valence-corrected chi connectivity index (χ4v) is 2.32. The van der Waals surface area contributed by atoms with Crippen LogP contribution in [0.1, 0.15) is 28.9 Å². The highest BCUT2D eigenvalue weighted by molar-refractivity contribution is 5.99. The number of nitrogens with zero attached hydrogens (tertiary/aromatic N) is 3. The zero-order valence-electron chi connectivity index (χ0n) is 12.7. The second kappa shape index (κ2) is 6.31. The molecular formula is C17H17N5O. The molecule has 3 N–H and O–H groups in total. The van der Waals surface area contributed by atoms with Crippen molar-refractivity contribution in [2.75, 3.05) is 5.73 Å². The normalized spacial score (nSPS) is 11.9. The van der Waals surface area contributed by atoms with Gasteiger partial charge in [-0.1, -0.05) is 24.3 Å². The van der Waals surface area contributed by atoms with Crippen LogP contribution in [0, 0.1) is 0 Å². The number of benzene rings is 2. The molecule has 116 valence electrons. The number of nitrogen functional groups attached to an aromatic ring is 1. The van der Waals surface area contributed by atoms with Crippen molar-refractivity contribution < 1.29 is 4.79 Å². The zero-order chi connectivity index (χ0) is 16.2. The fraction of sp³-hybridized carbons (Fsp3) is 0.118. The number of rotatable bonds is 4. The Hall–Kier alpha value is -3.15. The van der Waals surface area contributed by atoms with Crippen molar-refractivity contribution in [3.8, 4) is 5.69 Å². The predicted molar refractivity (Wildman–Crippen MR) is 88.1 cm³/mol. The van der Waals surface area contributed by atoms with Crippen molar-refractivity contribution in [1.82, 2.24) is 20.1 Å². The first-order valence-electron chi connectivity index (χ1n) is 7.25. The lowest BCUT2D eigenvalue weighted by Crippen LogP contribution is -2.27. The molecule has 0 saturated heterocycles. The highest BCUT2D eigenvalue weighted by Crippen LogP contribution is 2.17. The number of anilines is 1. The third kappa shape index (κ3) is 3.21. The van der Waals surface area contributed by atoms with Gasteiger partial charge in [-0.2, -0.15) is 5.10 Å². The van der Waals surface area contributed by atoms with Gasteiger partial charge >= 0.3 is 0 Å². The smallest absolute Gasteiger partial charge is 0.253 e. The van der Waals surface area contributed by atoms with Crippen LogP contribution in [0.25, 0.3) is 5.69 Å². The van der Waals surface area contributed by atoms with Gasteiger partial charge in [0.05, 0.1) is 17.3 Å². The minimum Gasteiger partial charge on any atom is -0.398 e. The first-order chi connectivity index (χ1) is 11.1. The number of aromatic nitrogens is 3. The van der Waals surface area contributed by atoms with Gasteiger partial charge in [-0.3, -0.25) is 4.79 Å². The second-order valence-electron chi connectivity index (χ2n) is 5.21. The van der Waals surface area contributed by atoms with Gasteiger partial charge in [-0.05, 0) is 36.8 Å². The van der Waals surface area contributed by atoms with Crippen molar-refractivity contribution in [2.24, 2.45) is 0 Å². The highest BCUT2D eigenvalue weighted by atomic mass is 16.1. The number of nitrogens with one attached hydrogen (secondary N) is 1. The Morgan fingerprint density at radius 3 is 2.57 bits per heavy atom. The van der Waals surface area contributed by atoms with Crippen molar-refractivity contribution in [2.45, 2.75) is 13.0 Å². The Bertz CT molecular complexity index is 796. The number of nitrogens with two attached hydrogens (primary N) is 1. The predicted octanol–water partition coefficient (Wildman–Crippen LogP) is 2.34. The quantitative estimate of drug-likeness (QED) is 0.724. The summed E-state index contributed by atoms with van der Waals surface area (Å²) in [6.07, 6.45) is 3.12. The molecule has 6 nitrogen and oxygen atoms in total. The van der Waals surface area contributed by atoms with E-state index in [0.29, 0.717) is 11.3 Å². The van der Waals surface area contributed by atoms with E-state index in [2.05, 4.69) is 15.4 Å². The summed E-state index contributed by atoms with van der Waals surface area (Å²) in [6, 6.07) is 14.7. The number of carbonyl (C=O) groups is 1. The molecule has 2 aromatic carbocycles. The first kappa shape index (κ1) is 14.8. The molecule has 0 bridgehead atoms. The average molecular weight is 307 g/mol. The summed E-state index contributed by atoms with van der Waals surface area (Å²) < 4.78 is 1.68. The molecule has 0 fully saturated rings. The molecule has 0 radical (unpaired) electrons. The molecule has 3 aromatic rings.